The van der Waals surface area contributed by atoms with Gasteiger partial charge < -0.3 is 5.32 Å². The van der Waals surface area contributed by atoms with E-state index in [0.29, 0.717) is 12.0 Å². The second-order valence-electron chi connectivity index (χ2n) is 4.61. The van der Waals surface area contributed by atoms with Gasteiger partial charge in [0.25, 0.3) is 0 Å². The molecule has 0 saturated heterocycles. The molecular formula is C13H19F2N. The summed E-state index contributed by atoms with van der Waals surface area (Å²) >= 11 is 0. The molecule has 0 radical (unpaired) electrons. The van der Waals surface area contributed by atoms with Gasteiger partial charge in [-0.2, -0.15) is 0 Å². The summed E-state index contributed by atoms with van der Waals surface area (Å²) in [5.41, 5.74) is 0.592. The normalized spacial score (nSPS) is 14.8. The molecule has 0 aliphatic rings. The van der Waals surface area contributed by atoms with E-state index in [4.69, 9.17) is 0 Å². The predicted molar refractivity (Wildman–Crippen MR) is 62.4 cm³/mol. The molecule has 0 bridgehead atoms. The fourth-order valence-electron chi connectivity index (χ4n) is 1.86. The van der Waals surface area contributed by atoms with Crippen molar-refractivity contribution in [3.05, 3.63) is 35.4 Å². The second kappa shape index (κ2) is 5.39. The molecule has 1 atom stereocenters. The van der Waals surface area contributed by atoms with Crippen molar-refractivity contribution in [3.63, 3.8) is 0 Å². The summed E-state index contributed by atoms with van der Waals surface area (Å²) in [6.45, 7) is 5.01. The Morgan fingerprint density at radius 1 is 1.31 bits per heavy atom. The third kappa shape index (κ3) is 3.27. The van der Waals surface area contributed by atoms with Crippen molar-refractivity contribution in [2.75, 3.05) is 13.6 Å². The lowest BCUT2D eigenvalue weighted by molar-refractivity contribution is 0.295. The fraction of sp³-hybridized carbons (Fsp3) is 0.538. The maximum Gasteiger partial charge on any atom is 0.129 e. The quantitative estimate of drug-likeness (QED) is 0.814. The molecule has 1 aromatic rings. The summed E-state index contributed by atoms with van der Waals surface area (Å²) in [5.74, 6) is -0.969. The van der Waals surface area contributed by atoms with Crippen molar-refractivity contribution in [1.29, 1.82) is 0 Å². The Balaban J connectivity index is 2.85. The van der Waals surface area contributed by atoms with E-state index in [1.54, 1.807) is 0 Å². The molecular weight excluding hydrogens is 208 g/mol. The standard InChI is InChI=1S/C13H19F2N/c1-4-13(2,9-16-3)8-10-5-6-11(14)7-12(10)15/h5-7,16H,4,8-9H2,1-3H3. The second-order valence-corrected chi connectivity index (χ2v) is 4.61. The molecule has 1 nitrogen and oxygen atoms in total. The third-order valence-electron chi connectivity index (χ3n) is 3.09. The van der Waals surface area contributed by atoms with Gasteiger partial charge in [-0.1, -0.05) is 19.9 Å². The summed E-state index contributed by atoms with van der Waals surface area (Å²) in [5, 5.41) is 3.11. The molecule has 0 aromatic heterocycles. The van der Waals surface area contributed by atoms with E-state index in [1.165, 1.54) is 12.1 Å². The summed E-state index contributed by atoms with van der Waals surface area (Å²) in [7, 11) is 1.88. The Labute approximate surface area is 95.9 Å². The number of benzene rings is 1. The Bertz CT molecular complexity index is 352. The molecule has 1 N–H and O–H groups in total. The lowest BCUT2D eigenvalue weighted by Gasteiger charge is -2.28. The minimum atomic E-state index is -0.520. The molecule has 0 spiro atoms. The molecule has 3 heteroatoms. The van der Waals surface area contributed by atoms with Crippen molar-refractivity contribution in [2.45, 2.75) is 26.7 Å². The van der Waals surface area contributed by atoms with E-state index in [1.807, 2.05) is 7.05 Å². The molecule has 90 valence electrons. The molecule has 0 amide bonds. The van der Waals surface area contributed by atoms with Gasteiger partial charge in [0.05, 0.1) is 0 Å². The van der Waals surface area contributed by atoms with E-state index in [0.717, 1.165) is 19.0 Å². The summed E-state index contributed by atoms with van der Waals surface area (Å²) in [6, 6.07) is 3.80. The largest absolute Gasteiger partial charge is 0.319 e. The van der Waals surface area contributed by atoms with Crippen molar-refractivity contribution >= 4 is 0 Å². The first-order valence-electron chi connectivity index (χ1n) is 5.59. The van der Waals surface area contributed by atoms with Crippen molar-refractivity contribution < 1.29 is 8.78 Å². The first kappa shape index (κ1) is 13.1. The van der Waals surface area contributed by atoms with Crippen molar-refractivity contribution in [2.24, 2.45) is 5.41 Å². The highest BCUT2D eigenvalue weighted by Crippen LogP contribution is 2.27. The fourth-order valence-corrected chi connectivity index (χ4v) is 1.86. The van der Waals surface area contributed by atoms with Crippen LogP contribution in [0.1, 0.15) is 25.8 Å². The van der Waals surface area contributed by atoms with Gasteiger partial charge in [-0.3, -0.25) is 0 Å². The first-order valence-corrected chi connectivity index (χ1v) is 5.59. The predicted octanol–water partition coefficient (Wildman–Crippen LogP) is 3.14. The Morgan fingerprint density at radius 3 is 2.50 bits per heavy atom. The van der Waals surface area contributed by atoms with Gasteiger partial charge >= 0.3 is 0 Å². The van der Waals surface area contributed by atoms with Crippen molar-refractivity contribution in [1.82, 2.24) is 5.32 Å². The minimum Gasteiger partial charge on any atom is -0.319 e. The highest BCUT2D eigenvalue weighted by molar-refractivity contribution is 5.20. The van der Waals surface area contributed by atoms with Crippen LogP contribution in [0.3, 0.4) is 0 Å². The zero-order valence-corrected chi connectivity index (χ0v) is 10.1. The van der Waals surface area contributed by atoms with Crippen LogP contribution in [0.5, 0.6) is 0 Å². The number of hydrogen-bond acceptors (Lipinski definition) is 1. The third-order valence-corrected chi connectivity index (χ3v) is 3.09. The molecule has 0 aliphatic carbocycles. The zero-order valence-electron chi connectivity index (χ0n) is 10.1. The van der Waals surface area contributed by atoms with Gasteiger partial charge in [-0.05, 0) is 36.9 Å². The molecule has 0 heterocycles. The maximum absolute atomic E-state index is 13.5. The molecule has 0 saturated carbocycles. The van der Waals surface area contributed by atoms with Gasteiger partial charge in [0.1, 0.15) is 11.6 Å². The molecule has 1 unspecified atom stereocenters. The van der Waals surface area contributed by atoms with Crippen LogP contribution < -0.4 is 5.32 Å². The van der Waals surface area contributed by atoms with E-state index >= 15 is 0 Å². The lowest BCUT2D eigenvalue weighted by atomic mass is 9.81. The van der Waals surface area contributed by atoms with Gasteiger partial charge in [-0.25, -0.2) is 8.78 Å². The number of halogens is 2. The number of rotatable bonds is 5. The Hall–Kier alpha value is -0.960. The summed E-state index contributed by atoms with van der Waals surface area (Å²) < 4.78 is 26.3. The monoisotopic (exact) mass is 227 g/mol. The van der Waals surface area contributed by atoms with Crippen LogP contribution in [0.2, 0.25) is 0 Å². The number of nitrogens with one attached hydrogen (secondary N) is 1. The summed E-state index contributed by atoms with van der Waals surface area (Å²) in [6.07, 6.45) is 1.57. The molecule has 0 fully saturated rings. The molecule has 16 heavy (non-hydrogen) atoms. The van der Waals surface area contributed by atoms with E-state index in [2.05, 4.69) is 19.2 Å². The average molecular weight is 227 g/mol. The topological polar surface area (TPSA) is 12.0 Å². The SMILES string of the molecule is CCC(C)(CNC)Cc1ccc(F)cc1F. The van der Waals surface area contributed by atoms with Crippen LogP contribution >= 0.6 is 0 Å². The Kier molecular flexibility index (Phi) is 4.42. The van der Waals surface area contributed by atoms with Crippen LogP contribution in [0.4, 0.5) is 8.78 Å². The van der Waals surface area contributed by atoms with Gasteiger partial charge in [0, 0.05) is 12.6 Å². The lowest BCUT2D eigenvalue weighted by Crippen LogP contribution is -2.31. The highest BCUT2D eigenvalue weighted by atomic mass is 19.1. The van der Waals surface area contributed by atoms with E-state index in [-0.39, 0.29) is 5.41 Å². The average Bonchev–Trinajstić information content (AvgIpc) is 2.23. The van der Waals surface area contributed by atoms with Crippen LogP contribution in [0.25, 0.3) is 0 Å². The summed E-state index contributed by atoms with van der Waals surface area (Å²) in [4.78, 5) is 0. The molecule has 1 rings (SSSR count). The minimum absolute atomic E-state index is 0.00736. The van der Waals surface area contributed by atoms with Crippen LogP contribution in [0, 0.1) is 17.0 Å². The van der Waals surface area contributed by atoms with Crippen molar-refractivity contribution in [3.8, 4) is 0 Å². The van der Waals surface area contributed by atoms with Gasteiger partial charge in [0.2, 0.25) is 0 Å². The molecule has 0 aliphatic heterocycles. The van der Waals surface area contributed by atoms with Gasteiger partial charge in [0.15, 0.2) is 0 Å². The van der Waals surface area contributed by atoms with Crippen LogP contribution in [0.15, 0.2) is 18.2 Å². The maximum atomic E-state index is 13.5. The molecule has 1 aromatic carbocycles. The Morgan fingerprint density at radius 2 is 2.00 bits per heavy atom. The smallest absolute Gasteiger partial charge is 0.129 e. The van der Waals surface area contributed by atoms with E-state index in [9.17, 15) is 8.78 Å². The van der Waals surface area contributed by atoms with Gasteiger partial charge in [-0.15, -0.1) is 0 Å². The first-order chi connectivity index (χ1) is 7.50. The highest BCUT2D eigenvalue weighted by Gasteiger charge is 2.23. The number of hydrogen-bond donors (Lipinski definition) is 1. The zero-order chi connectivity index (χ0) is 12.2. The van der Waals surface area contributed by atoms with E-state index < -0.39 is 11.6 Å². The van der Waals surface area contributed by atoms with Crippen LogP contribution in [-0.4, -0.2) is 13.6 Å². The van der Waals surface area contributed by atoms with Crippen LogP contribution in [-0.2, 0) is 6.42 Å².